The van der Waals surface area contributed by atoms with Crippen molar-refractivity contribution in [1.82, 2.24) is 10.2 Å². The largest absolute Gasteiger partial charge is 0.296 e. The van der Waals surface area contributed by atoms with Gasteiger partial charge in [0.25, 0.3) is 5.91 Å². The maximum atomic E-state index is 12.2. The van der Waals surface area contributed by atoms with Gasteiger partial charge in [-0.1, -0.05) is 58.8 Å². The van der Waals surface area contributed by atoms with Crippen molar-refractivity contribution >= 4 is 34.0 Å². The van der Waals surface area contributed by atoms with E-state index in [4.69, 9.17) is 11.6 Å². The van der Waals surface area contributed by atoms with Crippen LogP contribution in [0.25, 0.3) is 10.6 Å². The molecule has 0 fully saturated rings. The fourth-order valence-corrected chi connectivity index (χ4v) is 2.93. The Morgan fingerprint density at radius 1 is 1.14 bits per heavy atom. The summed E-state index contributed by atoms with van der Waals surface area (Å²) in [5, 5.41) is 12.5. The Morgan fingerprint density at radius 2 is 1.95 bits per heavy atom. The second kappa shape index (κ2) is 6.25. The fourth-order valence-electron chi connectivity index (χ4n) is 1.98. The number of halogens is 1. The molecule has 1 heterocycles. The first-order valence-electron chi connectivity index (χ1n) is 6.60. The van der Waals surface area contributed by atoms with Gasteiger partial charge in [0.1, 0.15) is 5.01 Å². The summed E-state index contributed by atoms with van der Waals surface area (Å²) in [6.45, 7) is 2.02. The first-order chi connectivity index (χ1) is 10.6. The van der Waals surface area contributed by atoms with E-state index in [9.17, 15) is 4.79 Å². The number of rotatable bonds is 3. The molecule has 110 valence electrons. The smallest absolute Gasteiger partial charge is 0.259 e. The van der Waals surface area contributed by atoms with Crippen molar-refractivity contribution in [2.24, 2.45) is 0 Å². The topological polar surface area (TPSA) is 54.9 Å². The molecule has 0 atom stereocenters. The molecule has 0 saturated carbocycles. The molecule has 0 radical (unpaired) electrons. The van der Waals surface area contributed by atoms with Gasteiger partial charge in [-0.15, -0.1) is 10.2 Å². The highest BCUT2D eigenvalue weighted by Crippen LogP contribution is 2.27. The SMILES string of the molecule is Cc1cccc(-c2nnc(NC(=O)c3ccccc3Cl)s2)c1. The Kier molecular flexibility index (Phi) is 4.18. The summed E-state index contributed by atoms with van der Waals surface area (Å²) in [7, 11) is 0. The van der Waals surface area contributed by atoms with Crippen LogP contribution in [0.3, 0.4) is 0 Å². The Bertz CT molecular complexity index is 832. The van der Waals surface area contributed by atoms with Crippen LogP contribution in [0.5, 0.6) is 0 Å². The van der Waals surface area contributed by atoms with E-state index in [1.54, 1.807) is 24.3 Å². The van der Waals surface area contributed by atoms with Gasteiger partial charge in [0.05, 0.1) is 10.6 Å². The first-order valence-corrected chi connectivity index (χ1v) is 7.79. The first kappa shape index (κ1) is 14.7. The number of anilines is 1. The van der Waals surface area contributed by atoms with Crippen molar-refractivity contribution in [2.45, 2.75) is 6.92 Å². The highest BCUT2D eigenvalue weighted by molar-refractivity contribution is 7.18. The Labute approximate surface area is 136 Å². The zero-order chi connectivity index (χ0) is 15.5. The van der Waals surface area contributed by atoms with E-state index in [2.05, 4.69) is 15.5 Å². The van der Waals surface area contributed by atoms with Gasteiger partial charge in [-0.25, -0.2) is 0 Å². The average molecular weight is 330 g/mol. The van der Waals surface area contributed by atoms with E-state index in [-0.39, 0.29) is 5.91 Å². The molecule has 1 aromatic heterocycles. The third-order valence-corrected chi connectivity index (χ3v) is 4.25. The van der Waals surface area contributed by atoms with E-state index < -0.39 is 0 Å². The fraction of sp³-hybridized carbons (Fsp3) is 0.0625. The van der Waals surface area contributed by atoms with E-state index in [0.717, 1.165) is 16.1 Å². The normalized spacial score (nSPS) is 10.5. The van der Waals surface area contributed by atoms with Crippen molar-refractivity contribution in [2.75, 3.05) is 5.32 Å². The molecule has 0 aliphatic rings. The zero-order valence-electron chi connectivity index (χ0n) is 11.7. The molecule has 0 aliphatic heterocycles. The summed E-state index contributed by atoms with van der Waals surface area (Å²) in [5.41, 5.74) is 2.54. The van der Waals surface area contributed by atoms with Crippen molar-refractivity contribution < 1.29 is 4.79 Å². The van der Waals surface area contributed by atoms with Crippen LogP contribution in [-0.4, -0.2) is 16.1 Å². The minimum atomic E-state index is -0.294. The Balaban J connectivity index is 1.80. The number of hydrogen-bond acceptors (Lipinski definition) is 4. The van der Waals surface area contributed by atoms with Crippen molar-refractivity contribution in [1.29, 1.82) is 0 Å². The molecule has 1 amide bonds. The lowest BCUT2D eigenvalue weighted by Gasteiger charge is -2.02. The predicted octanol–water partition coefficient (Wildman–Crippen LogP) is 4.42. The Hall–Kier alpha value is -2.24. The molecule has 0 saturated heterocycles. The third-order valence-electron chi connectivity index (χ3n) is 3.03. The van der Waals surface area contributed by atoms with Gasteiger partial charge in [-0.05, 0) is 25.1 Å². The summed E-state index contributed by atoms with van der Waals surface area (Å²) >= 11 is 7.34. The zero-order valence-corrected chi connectivity index (χ0v) is 13.3. The number of aryl methyl sites for hydroxylation is 1. The molecule has 3 aromatic rings. The highest BCUT2D eigenvalue weighted by Gasteiger charge is 2.13. The predicted molar refractivity (Wildman–Crippen MR) is 89.5 cm³/mol. The third kappa shape index (κ3) is 3.16. The standard InChI is InChI=1S/C16H12ClN3OS/c1-10-5-4-6-11(9-10)15-19-20-16(22-15)18-14(21)12-7-2-3-8-13(12)17/h2-9H,1H3,(H,18,20,21). The molecule has 0 unspecified atom stereocenters. The quantitative estimate of drug-likeness (QED) is 0.774. The number of benzene rings is 2. The number of amides is 1. The summed E-state index contributed by atoms with van der Waals surface area (Å²) in [4.78, 5) is 12.2. The number of nitrogens with one attached hydrogen (secondary N) is 1. The van der Waals surface area contributed by atoms with Crippen LogP contribution in [0.15, 0.2) is 48.5 Å². The summed E-state index contributed by atoms with van der Waals surface area (Å²) in [5.74, 6) is -0.294. The average Bonchev–Trinajstić information content (AvgIpc) is 2.96. The highest BCUT2D eigenvalue weighted by atomic mass is 35.5. The monoisotopic (exact) mass is 329 g/mol. The summed E-state index contributed by atoms with van der Waals surface area (Å²) in [6, 6.07) is 14.9. The van der Waals surface area contributed by atoms with Gasteiger partial charge in [0.15, 0.2) is 0 Å². The Morgan fingerprint density at radius 3 is 2.73 bits per heavy atom. The van der Waals surface area contributed by atoms with Crippen LogP contribution in [0, 0.1) is 6.92 Å². The van der Waals surface area contributed by atoms with Crippen molar-refractivity contribution in [3.8, 4) is 10.6 Å². The number of nitrogens with zero attached hydrogens (tertiary/aromatic N) is 2. The van der Waals surface area contributed by atoms with Crippen LogP contribution in [0.4, 0.5) is 5.13 Å². The molecular formula is C16H12ClN3OS. The van der Waals surface area contributed by atoms with Crippen LogP contribution in [0.2, 0.25) is 5.02 Å². The van der Waals surface area contributed by atoms with Gasteiger partial charge < -0.3 is 0 Å². The molecule has 0 bridgehead atoms. The van der Waals surface area contributed by atoms with Gasteiger partial charge in [-0.2, -0.15) is 0 Å². The van der Waals surface area contributed by atoms with Crippen molar-refractivity contribution in [3.05, 3.63) is 64.7 Å². The lowest BCUT2D eigenvalue weighted by atomic mass is 10.1. The van der Waals surface area contributed by atoms with Crippen LogP contribution >= 0.6 is 22.9 Å². The van der Waals surface area contributed by atoms with Gasteiger partial charge >= 0.3 is 0 Å². The molecular weight excluding hydrogens is 318 g/mol. The van der Waals surface area contributed by atoms with E-state index >= 15 is 0 Å². The second-order valence-electron chi connectivity index (χ2n) is 4.72. The number of aromatic nitrogens is 2. The van der Waals surface area contributed by atoms with E-state index in [1.807, 2.05) is 31.2 Å². The van der Waals surface area contributed by atoms with E-state index in [1.165, 1.54) is 11.3 Å². The molecule has 2 aromatic carbocycles. The number of hydrogen-bond donors (Lipinski definition) is 1. The second-order valence-corrected chi connectivity index (χ2v) is 6.10. The maximum absolute atomic E-state index is 12.2. The molecule has 22 heavy (non-hydrogen) atoms. The lowest BCUT2D eigenvalue weighted by Crippen LogP contribution is -2.12. The summed E-state index contributed by atoms with van der Waals surface area (Å²) in [6.07, 6.45) is 0. The number of carbonyl (C=O) groups is 1. The molecule has 1 N–H and O–H groups in total. The van der Waals surface area contributed by atoms with Gasteiger partial charge in [0, 0.05) is 5.56 Å². The minimum Gasteiger partial charge on any atom is -0.296 e. The number of carbonyl (C=O) groups excluding carboxylic acids is 1. The lowest BCUT2D eigenvalue weighted by molar-refractivity contribution is 0.102. The van der Waals surface area contributed by atoms with Crippen LogP contribution in [0.1, 0.15) is 15.9 Å². The maximum Gasteiger partial charge on any atom is 0.259 e. The van der Waals surface area contributed by atoms with Gasteiger partial charge in [-0.3, -0.25) is 10.1 Å². The molecule has 0 spiro atoms. The van der Waals surface area contributed by atoms with Crippen LogP contribution < -0.4 is 5.32 Å². The van der Waals surface area contributed by atoms with E-state index in [0.29, 0.717) is 15.7 Å². The molecule has 4 nitrogen and oxygen atoms in total. The van der Waals surface area contributed by atoms with Gasteiger partial charge in [0.2, 0.25) is 5.13 Å². The van der Waals surface area contributed by atoms with Crippen molar-refractivity contribution in [3.63, 3.8) is 0 Å². The molecule has 3 rings (SSSR count). The molecule has 6 heteroatoms. The molecule has 0 aliphatic carbocycles. The summed E-state index contributed by atoms with van der Waals surface area (Å²) < 4.78 is 0. The minimum absolute atomic E-state index is 0.294. The van der Waals surface area contributed by atoms with Crippen LogP contribution in [-0.2, 0) is 0 Å².